The Morgan fingerprint density at radius 2 is 1.85 bits per heavy atom. The fourth-order valence-electron chi connectivity index (χ4n) is 3.31. The van der Waals surface area contributed by atoms with E-state index >= 15 is 0 Å². The van der Waals surface area contributed by atoms with Crippen LogP contribution < -0.4 is 15.6 Å². The van der Waals surface area contributed by atoms with Crippen LogP contribution in [0.2, 0.25) is 0 Å². The van der Waals surface area contributed by atoms with Crippen LogP contribution in [0.5, 0.6) is 5.75 Å². The number of nitrogens with one attached hydrogen (secondary N) is 1. The van der Waals surface area contributed by atoms with Crippen molar-refractivity contribution in [1.82, 2.24) is 9.88 Å². The SMILES string of the molecule is COc1ccc2c(C)cn(-c3cc(C(=O)NC4CC4)ccc3C)c(=O)c2c1. The van der Waals surface area contributed by atoms with Gasteiger partial charge in [0.05, 0.1) is 18.2 Å². The normalized spacial score (nSPS) is 13.6. The molecule has 1 heterocycles. The number of aryl methyl sites for hydroxylation is 2. The first kappa shape index (κ1) is 17.3. The second-order valence-corrected chi connectivity index (χ2v) is 7.15. The second-order valence-electron chi connectivity index (χ2n) is 7.15. The Labute approximate surface area is 157 Å². The van der Waals surface area contributed by atoms with Gasteiger partial charge in [-0.1, -0.05) is 12.1 Å². The second kappa shape index (κ2) is 6.58. The van der Waals surface area contributed by atoms with Crippen LogP contribution in [0, 0.1) is 13.8 Å². The van der Waals surface area contributed by atoms with E-state index < -0.39 is 0 Å². The van der Waals surface area contributed by atoms with Crippen molar-refractivity contribution in [2.45, 2.75) is 32.7 Å². The van der Waals surface area contributed by atoms with Crippen molar-refractivity contribution in [1.29, 1.82) is 0 Å². The molecular weight excluding hydrogens is 340 g/mol. The standard InChI is InChI=1S/C22H22N2O3/c1-13-4-5-15(21(25)23-16-6-7-16)10-20(13)24-12-14(2)18-9-8-17(27-3)11-19(18)22(24)26/h4-5,8-12,16H,6-7H2,1-3H3,(H,23,25). The molecule has 5 heteroatoms. The van der Waals surface area contributed by atoms with Gasteiger partial charge in [0, 0.05) is 17.8 Å². The molecule has 1 aliphatic rings. The van der Waals surface area contributed by atoms with Crippen LogP contribution in [0.1, 0.15) is 34.3 Å². The van der Waals surface area contributed by atoms with E-state index in [1.807, 2.05) is 38.2 Å². The molecule has 1 N–H and O–H groups in total. The highest BCUT2D eigenvalue weighted by atomic mass is 16.5. The predicted octanol–water partition coefficient (Wildman–Crippen LogP) is 3.51. The third-order valence-electron chi connectivity index (χ3n) is 5.07. The van der Waals surface area contributed by atoms with Crippen LogP contribution >= 0.6 is 0 Å². The van der Waals surface area contributed by atoms with E-state index in [2.05, 4.69) is 5.32 Å². The molecule has 138 valence electrons. The number of carbonyl (C=O) groups excluding carboxylic acids is 1. The minimum absolute atomic E-state index is 0.0917. The summed E-state index contributed by atoms with van der Waals surface area (Å²) < 4.78 is 6.90. The van der Waals surface area contributed by atoms with Crippen molar-refractivity contribution in [3.8, 4) is 11.4 Å². The van der Waals surface area contributed by atoms with Gasteiger partial charge < -0.3 is 10.1 Å². The number of ether oxygens (including phenoxy) is 1. The fraction of sp³-hybridized carbons (Fsp3) is 0.273. The highest BCUT2D eigenvalue weighted by Gasteiger charge is 2.24. The first-order valence-corrected chi connectivity index (χ1v) is 9.10. The van der Waals surface area contributed by atoms with Crippen molar-refractivity contribution < 1.29 is 9.53 Å². The number of hydrogen-bond donors (Lipinski definition) is 1. The lowest BCUT2D eigenvalue weighted by atomic mass is 10.1. The molecule has 2 aromatic carbocycles. The van der Waals surface area contributed by atoms with Gasteiger partial charge in [-0.3, -0.25) is 14.2 Å². The number of methoxy groups -OCH3 is 1. The Balaban J connectivity index is 1.87. The summed E-state index contributed by atoms with van der Waals surface area (Å²) in [5.41, 5.74) is 3.08. The zero-order valence-corrected chi connectivity index (χ0v) is 15.7. The number of amides is 1. The summed E-state index contributed by atoms with van der Waals surface area (Å²) in [5.74, 6) is 0.553. The molecule has 1 fully saturated rings. The molecule has 0 aliphatic heterocycles. The number of pyridine rings is 1. The van der Waals surface area contributed by atoms with E-state index in [-0.39, 0.29) is 11.5 Å². The van der Waals surface area contributed by atoms with E-state index in [0.29, 0.717) is 22.7 Å². The summed E-state index contributed by atoms with van der Waals surface area (Å²) >= 11 is 0. The van der Waals surface area contributed by atoms with Crippen molar-refractivity contribution in [3.05, 3.63) is 69.6 Å². The topological polar surface area (TPSA) is 60.3 Å². The highest BCUT2D eigenvalue weighted by Crippen LogP contribution is 2.24. The van der Waals surface area contributed by atoms with Gasteiger partial charge in [-0.15, -0.1) is 0 Å². The molecule has 27 heavy (non-hydrogen) atoms. The monoisotopic (exact) mass is 362 g/mol. The van der Waals surface area contributed by atoms with E-state index in [1.165, 1.54) is 0 Å². The fourth-order valence-corrected chi connectivity index (χ4v) is 3.31. The van der Waals surface area contributed by atoms with Crippen LogP contribution in [0.25, 0.3) is 16.5 Å². The number of carbonyl (C=O) groups is 1. The maximum Gasteiger partial charge on any atom is 0.263 e. The molecule has 0 unspecified atom stereocenters. The molecule has 0 saturated heterocycles. The number of fused-ring (bicyclic) bond motifs is 1. The van der Waals surface area contributed by atoms with Gasteiger partial charge in [0.1, 0.15) is 5.75 Å². The van der Waals surface area contributed by atoms with Gasteiger partial charge >= 0.3 is 0 Å². The summed E-state index contributed by atoms with van der Waals surface area (Å²) in [6.07, 6.45) is 3.91. The molecular formula is C22H22N2O3. The van der Waals surface area contributed by atoms with Gasteiger partial charge in [0.2, 0.25) is 0 Å². The van der Waals surface area contributed by atoms with Gasteiger partial charge in [-0.05, 0) is 67.5 Å². The molecule has 1 amide bonds. The minimum atomic E-state index is -0.127. The summed E-state index contributed by atoms with van der Waals surface area (Å²) in [6, 6.07) is 11.3. The van der Waals surface area contributed by atoms with Crippen LogP contribution in [-0.4, -0.2) is 23.6 Å². The van der Waals surface area contributed by atoms with Crippen LogP contribution in [0.4, 0.5) is 0 Å². The predicted molar refractivity (Wildman–Crippen MR) is 106 cm³/mol. The Morgan fingerprint density at radius 1 is 1.07 bits per heavy atom. The number of aromatic nitrogens is 1. The first-order chi connectivity index (χ1) is 13.0. The van der Waals surface area contributed by atoms with Gasteiger partial charge in [-0.25, -0.2) is 0 Å². The molecule has 1 saturated carbocycles. The maximum atomic E-state index is 13.2. The number of rotatable bonds is 4. The van der Waals surface area contributed by atoms with Crippen molar-refractivity contribution in [2.24, 2.45) is 0 Å². The van der Waals surface area contributed by atoms with Crippen LogP contribution in [-0.2, 0) is 0 Å². The quantitative estimate of drug-likeness (QED) is 0.773. The summed E-state index contributed by atoms with van der Waals surface area (Å²) in [4.78, 5) is 25.6. The summed E-state index contributed by atoms with van der Waals surface area (Å²) in [5, 5.41) is 4.50. The lowest BCUT2D eigenvalue weighted by molar-refractivity contribution is 0.0951. The lowest BCUT2D eigenvalue weighted by Gasteiger charge is -2.14. The van der Waals surface area contributed by atoms with Crippen LogP contribution in [0.3, 0.4) is 0 Å². The van der Waals surface area contributed by atoms with Crippen molar-refractivity contribution in [3.63, 3.8) is 0 Å². The smallest absolute Gasteiger partial charge is 0.263 e. The van der Waals surface area contributed by atoms with Crippen LogP contribution in [0.15, 0.2) is 47.4 Å². The largest absolute Gasteiger partial charge is 0.497 e. The van der Waals surface area contributed by atoms with Gasteiger partial charge in [0.15, 0.2) is 0 Å². The molecule has 1 aromatic heterocycles. The zero-order valence-electron chi connectivity index (χ0n) is 15.7. The Morgan fingerprint density at radius 3 is 2.56 bits per heavy atom. The number of benzene rings is 2. The maximum absolute atomic E-state index is 13.2. The molecule has 4 rings (SSSR count). The first-order valence-electron chi connectivity index (χ1n) is 9.10. The number of nitrogens with zero attached hydrogens (tertiary/aromatic N) is 1. The lowest BCUT2D eigenvalue weighted by Crippen LogP contribution is -2.26. The van der Waals surface area contributed by atoms with Crippen molar-refractivity contribution >= 4 is 16.7 Å². The summed E-state index contributed by atoms with van der Waals surface area (Å²) in [6.45, 7) is 3.92. The third-order valence-corrected chi connectivity index (χ3v) is 5.07. The highest BCUT2D eigenvalue weighted by molar-refractivity contribution is 5.95. The van der Waals surface area contributed by atoms with E-state index in [1.54, 1.807) is 29.9 Å². The van der Waals surface area contributed by atoms with Crippen molar-refractivity contribution in [2.75, 3.05) is 7.11 Å². The molecule has 3 aromatic rings. The van der Waals surface area contributed by atoms with E-state index in [9.17, 15) is 9.59 Å². The van der Waals surface area contributed by atoms with Gasteiger partial charge in [-0.2, -0.15) is 0 Å². The zero-order chi connectivity index (χ0) is 19.1. The molecule has 0 spiro atoms. The third kappa shape index (κ3) is 3.21. The molecule has 1 aliphatic carbocycles. The average Bonchev–Trinajstić information content (AvgIpc) is 3.48. The average molecular weight is 362 g/mol. The Bertz CT molecular complexity index is 1110. The summed E-state index contributed by atoms with van der Waals surface area (Å²) in [7, 11) is 1.58. The molecule has 5 nitrogen and oxygen atoms in total. The van der Waals surface area contributed by atoms with Gasteiger partial charge in [0.25, 0.3) is 11.5 Å². The molecule has 0 radical (unpaired) electrons. The Kier molecular flexibility index (Phi) is 4.22. The van der Waals surface area contributed by atoms with E-state index in [4.69, 9.17) is 4.74 Å². The Hall–Kier alpha value is -3.08. The number of hydrogen-bond acceptors (Lipinski definition) is 3. The molecule has 0 bridgehead atoms. The minimum Gasteiger partial charge on any atom is -0.497 e. The molecule has 0 atom stereocenters. The van der Waals surface area contributed by atoms with E-state index in [0.717, 1.165) is 35.0 Å².